The first-order valence-electron chi connectivity index (χ1n) is 26.4. The zero-order chi connectivity index (χ0) is 51.7. The maximum Gasteiger partial charge on any atom is 0.0714 e. The number of anilines is 3. The standard InChI is InChI=1S/C55H38N2/c1-4-18-40(19-5-1)55(41-20-6-2-7-21-41)50-28-14-10-25-46(50)47-37-36-44(38-51(47)55)56(42-22-8-3-9-23-42)43-34-32-39(33-35-43)45-24-11-15-29-52(45)57-53-30-16-12-26-48(53)49-27-13-17-31-54(49)57/h1-38H/i11D,12D,13D,15D,16D,17D,24D,26D,27D,29D,30D,31D,32D,33D,34D,35D. The van der Waals surface area contributed by atoms with E-state index >= 15 is 0 Å². The SMILES string of the molecule is [2H]c1c([2H])c([2H])c(-n2c3c([2H])c([2H])c([2H])c([2H])c3c3c([2H])c([2H])c([2H])c([2H])c32)c(-c2c([2H])c([2H])c(N(c3ccccc3)c3ccc4c(c3)C(c3ccccc3)(c3ccccc3)c3ccccc3-4)c([2H])c2[2H])c1[2H]. The first-order chi connectivity index (χ1) is 35.0. The van der Waals surface area contributed by atoms with Gasteiger partial charge in [-0.15, -0.1) is 0 Å². The zero-order valence-corrected chi connectivity index (χ0v) is 30.1. The van der Waals surface area contributed by atoms with Crippen LogP contribution in [0.15, 0.2) is 230 Å². The minimum Gasteiger partial charge on any atom is -0.310 e. The van der Waals surface area contributed by atoms with Gasteiger partial charge in [0.05, 0.1) is 44.1 Å². The van der Waals surface area contributed by atoms with Crippen LogP contribution >= 0.6 is 0 Å². The second-order valence-electron chi connectivity index (χ2n) is 13.7. The van der Waals surface area contributed by atoms with E-state index in [4.69, 9.17) is 13.7 Å². The van der Waals surface area contributed by atoms with Crippen molar-refractivity contribution in [1.82, 2.24) is 4.57 Å². The molecule has 10 aromatic rings. The summed E-state index contributed by atoms with van der Waals surface area (Å²) >= 11 is 0. The topological polar surface area (TPSA) is 8.17 Å². The number of hydrogen-bond acceptors (Lipinski definition) is 1. The Morgan fingerprint density at radius 3 is 1.61 bits per heavy atom. The molecule has 0 saturated carbocycles. The Kier molecular flexibility index (Phi) is 4.82. The van der Waals surface area contributed by atoms with E-state index in [9.17, 15) is 8.22 Å². The molecule has 0 bridgehead atoms. The van der Waals surface area contributed by atoms with Gasteiger partial charge in [-0.2, -0.15) is 0 Å². The largest absolute Gasteiger partial charge is 0.310 e. The van der Waals surface area contributed by atoms with E-state index in [1.807, 2.05) is 66.7 Å². The van der Waals surface area contributed by atoms with Gasteiger partial charge < -0.3 is 9.47 Å². The lowest BCUT2D eigenvalue weighted by Crippen LogP contribution is -2.28. The van der Waals surface area contributed by atoms with E-state index in [1.54, 1.807) is 35.2 Å². The smallest absolute Gasteiger partial charge is 0.0714 e. The van der Waals surface area contributed by atoms with Crippen LogP contribution in [0, 0.1) is 0 Å². The Labute approximate surface area is 355 Å². The molecule has 0 saturated heterocycles. The van der Waals surface area contributed by atoms with Crippen LogP contribution in [-0.4, -0.2) is 4.57 Å². The molecule has 57 heavy (non-hydrogen) atoms. The summed E-state index contributed by atoms with van der Waals surface area (Å²) in [4.78, 5) is 1.62. The van der Waals surface area contributed by atoms with Gasteiger partial charge in [0.15, 0.2) is 0 Å². The molecule has 0 amide bonds. The third kappa shape index (κ3) is 5.11. The second kappa shape index (κ2) is 13.4. The van der Waals surface area contributed by atoms with Crippen molar-refractivity contribution >= 4 is 38.9 Å². The average Bonchev–Trinajstić information content (AvgIpc) is 3.92. The van der Waals surface area contributed by atoms with Crippen molar-refractivity contribution in [1.29, 1.82) is 0 Å². The molecule has 2 heteroatoms. The molecule has 0 N–H and O–H groups in total. The van der Waals surface area contributed by atoms with Gasteiger partial charge in [0.1, 0.15) is 0 Å². The monoisotopic (exact) mass is 742 g/mol. The first-order valence-corrected chi connectivity index (χ1v) is 18.4. The molecule has 268 valence electrons. The summed E-state index contributed by atoms with van der Waals surface area (Å²) in [5.74, 6) is 0. The molecule has 2 nitrogen and oxygen atoms in total. The minimum atomic E-state index is -0.851. The molecule has 1 aromatic heterocycles. The number of fused-ring (bicyclic) bond motifs is 6. The number of hydrogen-bond donors (Lipinski definition) is 0. The van der Waals surface area contributed by atoms with Crippen molar-refractivity contribution in [3.8, 4) is 27.9 Å². The third-order valence-corrected chi connectivity index (χ3v) is 10.7. The van der Waals surface area contributed by atoms with Gasteiger partial charge in [0.25, 0.3) is 0 Å². The van der Waals surface area contributed by atoms with Gasteiger partial charge in [-0.3, -0.25) is 0 Å². The molecule has 0 unspecified atom stereocenters. The summed E-state index contributed by atoms with van der Waals surface area (Å²) in [7, 11) is 0. The molecule has 1 aliphatic rings. The number of para-hydroxylation sites is 4. The van der Waals surface area contributed by atoms with Crippen molar-refractivity contribution in [2.24, 2.45) is 0 Å². The van der Waals surface area contributed by atoms with E-state index in [0.717, 1.165) is 37.9 Å². The lowest BCUT2D eigenvalue weighted by Gasteiger charge is -2.35. The first kappa shape index (κ1) is 20.5. The fraction of sp³-hybridized carbons (Fsp3) is 0.0182. The van der Waals surface area contributed by atoms with E-state index in [2.05, 4.69) is 36.4 Å². The number of benzene rings is 9. The maximum absolute atomic E-state index is 9.88. The van der Waals surface area contributed by atoms with E-state index in [-0.39, 0.29) is 16.5 Å². The Hall–Kier alpha value is -7.42. The quantitative estimate of drug-likeness (QED) is 0.158. The molecule has 0 spiro atoms. The van der Waals surface area contributed by atoms with Crippen LogP contribution in [0.4, 0.5) is 17.1 Å². The summed E-state index contributed by atoms with van der Waals surface area (Å²) in [5, 5.41) is -0.721. The molecule has 0 aliphatic heterocycles. The molecule has 11 rings (SSSR count). The van der Waals surface area contributed by atoms with Crippen molar-refractivity contribution in [3.63, 3.8) is 0 Å². The lowest BCUT2D eigenvalue weighted by molar-refractivity contribution is 0.768. The Balaban J connectivity index is 1.22. The van der Waals surface area contributed by atoms with Gasteiger partial charge >= 0.3 is 0 Å². The predicted octanol–water partition coefficient (Wildman–Crippen LogP) is 14.3. The molecule has 0 radical (unpaired) electrons. The van der Waals surface area contributed by atoms with E-state index in [0.29, 0.717) is 11.4 Å². The maximum atomic E-state index is 9.88. The summed E-state index contributed by atoms with van der Waals surface area (Å²) in [5.41, 5.74) is 3.01. The summed E-state index contributed by atoms with van der Waals surface area (Å²) in [6.45, 7) is 0. The third-order valence-electron chi connectivity index (χ3n) is 10.7. The highest BCUT2D eigenvalue weighted by molar-refractivity contribution is 6.09. The highest BCUT2D eigenvalue weighted by Gasteiger charge is 2.46. The van der Waals surface area contributed by atoms with Crippen LogP contribution in [0.2, 0.25) is 0 Å². The van der Waals surface area contributed by atoms with Crippen molar-refractivity contribution in [2.75, 3.05) is 4.90 Å². The average molecular weight is 743 g/mol. The zero-order valence-electron chi connectivity index (χ0n) is 46.1. The molecule has 9 aromatic carbocycles. The summed E-state index contributed by atoms with van der Waals surface area (Å²) in [6, 6.07) is 31.2. The molecular weight excluding hydrogens is 689 g/mol. The van der Waals surface area contributed by atoms with Crippen molar-refractivity contribution in [2.45, 2.75) is 5.41 Å². The van der Waals surface area contributed by atoms with Gasteiger partial charge in [-0.1, -0.05) is 176 Å². The van der Waals surface area contributed by atoms with Crippen molar-refractivity contribution in [3.05, 3.63) is 252 Å². The molecule has 0 atom stereocenters. The van der Waals surface area contributed by atoms with Crippen LogP contribution < -0.4 is 4.90 Å². The van der Waals surface area contributed by atoms with Crippen LogP contribution in [0.1, 0.15) is 44.2 Å². The van der Waals surface area contributed by atoms with Gasteiger partial charge in [0.2, 0.25) is 0 Å². The lowest BCUT2D eigenvalue weighted by atomic mass is 9.67. The van der Waals surface area contributed by atoms with E-state index < -0.39 is 130 Å². The van der Waals surface area contributed by atoms with E-state index in [1.165, 1.54) is 0 Å². The fourth-order valence-corrected chi connectivity index (χ4v) is 8.40. The summed E-state index contributed by atoms with van der Waals surface area (Å²) in [6.07, 6.45) is 0. The molecule has 1 aliphatic carbocycles. The molecular formula is C55H38N2. The Bertz CT molecular complexity index is 3850. The normalized spacial score (nSPS) is 16.6. The van der Waals surface area contributed by atoms with Crippen molar-refractivity contribution < 1.29 is 21.9 Å². The van der Waals surface area contributed by atoms with Gasteiger partial charge in [-0.05, 0) is 93.4 Å². The van der Waals surface area contributed by atoms with Crippen LogP contribution in [0.5, 0.6) is 0 Å². The summed E-state index contributed by atoms with van der Waals surface area (Å²) < 4.78 is 147. The molecule has 0 fully saturated rings. The highest BCUT2D eigenvalue weighted by Crippen LogP contribution is 2.57. The number of aromatic nitrogens is 1. The van der Waals surface area contributed by atoms with Gasteiger partial charge in [-0.25, -0.2) is 0 Å². The minimum absolute atomic E-state index is 0.201. The number of nitrogens with zero attached hydrogens (tertiary/aromatic N) is 2. The second-order valence-corrected chi connectivity index (χ2v) is 13.7. The number of rotatable bonds is 7. The fourth-order valence-electron chi connectivity index (χ4n) is 8.40. The Morgan fingerprint density at radius 2 is 0.947 bits per heavy atom. The van der Waals surface area contributed by atoms with Crippen LogP contribution in [-0.2, 0) is 5.41 Å². The van der Waals surface area contributed by atoms with Crippen LogP contribution in [0.25, 0.3) is 49.7 Å². The molecule has 1 heterocycles. The highest BCUT2D eigenvalue weighted by atomic mass is 15.1. The van der Waals surface area contributed by atoms with Crippen LogP contribution in [0.3, 0.4) is 0 Å². The Morgan fingerprint density at radius 1 is 0.404 bits per heavy atom. The predicted molar refractivity (Wildman–Crippen MR) is 238 cm³/mol. The van der Waals surface area contributed by atoms with Gasteiger partial charge in [0, 0.05) is 33.4 Å².